The number of carboxylic acids is 1. The van der Waals surface area contributed by atoms with Crippen LogP contribution in [0.2, 0.25) is 0 Å². The smallest absolute Gasteiger partial charge is 0.335 e. The Morgan fingerprint density at radius 2 is 1.55 bits per heavy atom. The number of benzene rings is 2. The molecular formula is C22H27N7O8S. The minimum atomic E-state index is -4.51. The van der Waals surface area contributed by atoms with Crippen molar-refractivity contribution >= 4 is 51.0 Å². The monoisotopic (exact) mass is 549 g/mol. The van der Waals surface area contributed by atoms with Crippen LogP contribution in [0.1, 0.15) is 10.4 Å². The van der Waals surface area contributed by atoms with Gasteiger partial charge in [0.2, 0.25) is 17.8 Å². The Bertz CT molecular complexity index is 1360. The van der Waals surface area contributed by atoms with Crippen molar-refractivity contribution in [2.75, 3.05) is 61.3 Å². The molecule has 0 atom stereocenters. The van der Waals surface area contributed by atoms with Crippen molar-refractivity contribution in [2.24, 2.45) is 0 Å². The maximum Gasteiger partial charge on any atom is 0.335 e. The van der Waals surface area contributed by atoms with Gasteiger partial charge in [-0.3, -0.25) is 4.55 Å². The SMILES string of the molecule is Nc1cc(Nc2nc(NCCOCCOCCO)nc(Nc3cccc(C(=O)O)c3)n2)cc(S(=O)(=O)O)c1. The Labute approximate surface area is 217 Å². The summed E-state index contributed by atoms with van der Waals surface area (Å²) in [5, 5.41) is 26.6. The lowest BCUT2D eigenvalue weighted by Crippen LogP contribution is -2.16. The highest BCUT2D eigenvalue weighted by Gasteiger charge is 2.14. The first kappa shape index (κ1) is 28.5. The predicted molar refractivity (Wildman–Crippen MR) is 138 cm³/mol. The number of anilines is 6. The number of aliphatic hydroxyl groups is 1. The van der Waals surface area contributed by atoms with Crippen LogP contribution in [0.4, 0.5) is 34.9 Å². The fourth-order valence-electron chi connectivity index (χ4n) is 3.02. The molecule has 2 aromatic carbocycles. The highest BCUT2D eigenvalue weighted by Crippen LogP contribution is 2.24. The van der Waals surface area contributed by atoms with Gasteiger partial charge in [-0.25, -0.2) is 4.79 Å². The summed E-state index contributed by atoms with van der Waals surface area (Å²) in [6, 6.07) is 9.67. The number of aliphatic hydroxyl groups excluding tert-OH is 1. The quantitative estimate of drug-likeness (QED) is 0.0805. The van der Waals surface area contributed by atoms with Gasteiger partial charge in [0.1, 0.15) is 0 Å². The van der Waals surface area contributed by atoms with Crippen LogP contribution in [0.3, 0.4) is 0 Å². The minimum absolute atomic E-state index is 0.00963. The molecule has 15 nitrogen and oxygen atoms in total. The summed E-state index contributed by atoms with van der Waals surface area (Å²) < 4.78 is 43.0. The molecule has 0 bridgehead atoms. The minimum Gasteiger partial charge on any atom is -0.478 e. The lowest BCUT2D eigenvalue weighted by molar-refractivity contribution is 0.0360. The molecule has 0 spiro atoms. The summed E-state index contributed by atoms with van der Waals surface area (Å²) >= 11 is 0. The molecular weight excluding hydrogens is 522 g/mol. The molecule has 0 amide bonds. The van der Waals surface area contributed by atoms with E-state index in [-0.39, 0.29) is 54.6 Å². The van der Waals surface area contributed by atoms with E-state index in [1.165, 1.54) is 18.2 Å². The van der Waals surface area contributed by atoms with E-state index in [1.807, 2.05) is 0 Å². The summed E-state index contributed by atoms with van der Waals surface area (Å²) in [6.07, 6.45) is 0. The topological polar surface area (TPSA) is 231 Å². The third kappa shape index (κ3) is 9.09. The van der Waals surface area contributed by atoms with Crippen LogP contribution in [0.5, 0.6) is 0 Å². The molecule has 3 rings (SSSR count). The second kappa shape index (κ2) is 13.5. The molecule has 204 valence electrons. The van der Waals surface area contributed by atoms with E-state index < -0.39 is 21.0 Å². The van der Waals surface area contributed by atoms with Crippen molar-refractivity contribution in [1.82, 2.24) is 15.0 Å². The van der Waals surface area contributed by atoms with Gasteiger partial charge in [0.15, 0.2) is 0 Å². The van der Waals surface area contributed by atoms with Crippen molar-refractivity contribution in [1.29, 1.82) is 0 Å². The summed E-state index contributed by atoms with van der Waals surface area (Å²) in [7, 11) is -4.51. The largest absolute Gasteiger partial charge is 0.478 e. The number of hydrogen-bond donors (Lipinski definition) is 7. The van der Waals surface area contributed by atoms with E-state index in [9.17, 15) is 22.9 Å². The van der Waals surface area contributed by atoms with Gasteiger partial charge in [0.05, 0.1) is 43.5 Å². The number of aromatic carboxylic acids is 1. The molecule has 0 aliphatic rings. The van der Waals surface area contributed by atoms with E-state index in [2.05, 4.69) is 30.9 Å². The van der Waals surface area contributed by atoms with Crippen molar-refractivity contribution in [3.05, 3.63) is 48.0 Å². The zero-order valence-corrected chi connectivity index (χ0v) is 20.8. The van der Waals surface area contributed by atoms with Crippen LogP contribution in [0, 0.1) is 0 Å². The van der Waals surface area contributed by atoms with Gasteiger partial charge in [-0.15, -0.1) is 0 Å². The highest BCUT2D eigenvalue weighted by atomic mass is 32.2. The molecule has 16 heteroatoms. The summed E-state index contributed by atoms with van der Waals surface area (Å²) in [5.74, 6) is -0.945. The molecule has 1 heterocycles. The zero-order chi connectivity index (χ0) is 27.5. The highest BCUT2D eigenvalue weighted by molar-refractivity contribution is 7.85. The van der Waals surface area contributed by atoms with Crippen molar-refractivity contribution in [3.8, 4) is 0 Å². The molecule has 0 saturated carbocycles. The van der Waals surface area contributed by atoms with Crippen molar-refractivity contribution in [3.63, 3.8) is 0 Å². The fraction of sp³-hybridized carbons (Fsp3) is 0.273. The van der Waals surface area contributed by atoms with Gasteiger partial charge >= 0.3 is 5.97 Å². The van der Waals surface area contributed by atoms with Crippen LogP contribution in [-0.2, 0) is 19.6 Å². The van der Waals surface area contributed by atoms with Gasteiger partial charge < -0.3 is 41.4 Å². The Hall–Kier alpha value is -4.09. The molecule has 3 aromatic rings. The number of hydrogen-bond acceptors (Lipinski definition) is 13. The molecule has 8 N–H and O–H groups in total. The van der Waals surface area contributed by atoms with Crippen LogP contribution in [0.25, 0.3) is 0 Å². The van der Waals surface area contributed by atoms with Crippen LogP contribution in [-0.4, -0.2) is 83.7 Å². The maximum atomic E-state index is 11.6. The number of carbonyl (C=O) groups is 1. The molecule has 0 unspecified atom stereocenters. The number of rotatable bonds is 15. The third-order valence-corrected chi connectivity index (χ3v) is 5.45. The number of ether oxygens (including phenoxy) is 2. The maximum absolute atomic E-state index is 11.6. The second-order valence-corrected chi connectivity index (χ2v) is 9.00. The molecule has 1 aromatic heterocycles. The summed E-state index contributed by atoms with van der Waals surface area (Å²) in [6.45, 7) is 1.41. The van der Waals surface area contributed by atoms with E-state index in [1.54, 1.807) is 12.1 Å². The Morgan fingerprint density at radius 1 is 0.895 bits per heavy atom. The number of nitrogens with two attached hydrogens (primary N) is 1. The average Bonchev–Trinajstić information content (AvgIpc) is 2.85. The van der Waals surface area contributed by atoms with Gasteiger partial charge in [-0.2, -0.15) is 23.4 Å². The van der Waals surface area contributed by atoms with Gasteiger partial charge in [0, 0.05) is 23.6 Å². The summed E-state index contributed by atoms with van der Waals surface area (Å²) in [5.41, 5.74) is 6.47. The Morgan fingerprint density at radius 3 is 2.21 bits per heavy atom. The van der Waals surface area contributed by atoms with Gasteiger partial charge in [-0.1, -0.05) is 6.07 Å². The number of nitrogen functional groups attached to an aromatic ring is 1. The first-order valence-electron chi connectivity index (χ1n) is 11.2. The number of nitrogens with zero attached hydrogens (tertiary/aromatic N) is 3. The molecule has 0 aliphatic heterocycles. The van der Waals surface area contributed by atoms with E-state index in [4.69, 9.17) is 20.3 Å². The van der Waals surface area contributed by atoms with Crippen LogP contribution in [0.15, 0.2) is 47.4 Å². The average molecular weight is 550 g/mol. The van der Waals surface area contributed by atoms with Gasteiger partial charge in [0.25, 0.3) is 10.1 Å². The number of carboxylic acid groups (broad SMARTS) is 1. The normalized spacial score (nSPS) is 11.2. The molecule has 0 fully saturated rings. The molecule has 0 saturated heterocycles. The lowest BCUT2D eigenvalue weighted by atomic mass is 10.2. The Balaban J connectivity index is 1.79. The van der Waals surface area contributed by atoms with E-state index in [0.717, 1.165) is 12.1 Å². The first-order chi connectivity index (χ1) is 18.1. The first-order valence-corrected chi connectivity index (χ1v) is 12.6. The fourth-order valence-corrected chi connectivity index (χ4v) is 3.58. The van der Waals surface area contributed by atoms with E-state index >= 15 is 0 Å². The standard InChI is InChI=1S/C22H27N7O8S/c23-15-11-17(13-18(12-15)38(33,34)35)26-22-28-20(24-4-6-36-8-9-37-7-5-30)27-21(29-22)25-16-3-1-2-14(10-16)19(31)32/h1-3,10-13,30H,4-9,23H2,(H,31,32)(H,33,34,35)(H3,24,25,26,27,28,29). The second-order valence-electron chi connectivity index (χ2n) is 7.58. The predicted octanol–water partition coefficient (Wildman–Crippen LogP) is 1.32. The van der Waals surface area contributed by atoms with Crippen molar-refractivity contribution in [2.45, 2.75) is 4.90 Å². The zero-order valence-electron chi connectivity index (χ0n) is 20.0. The molecule has 0 aliphatic carbocycles. The van der Waals surface area contributed by atoms with Crippen LogP contribution >= 0.6 is 0 Å². The van der Waals surface area contributed by atoms with Crippen molar-refractivity contribution < 1.29 is 37.5 Å². The molecule has 38 heavy (non-hydrogen) atoms. The summed E-state index contributed by atoms with van der Waals surface area (Å²) in [4.78, 5) is 23.7. The number of nitrogens with one attached hydrogen (secondary N) is 3. The Kier molecular flexibility index (Phi) is 10.1. The van der Waals surface area contributed by atoms with Crippen LogP contribution < -0.4 is 21.7 Å². The lowest BCUT2D eigenvalue weighted by Gasteiger charge is -2.13. The molecule has 0 radical (unpaired) electrons. The van der Waals surface area contributed by atoms with E-state index in [0.29, 0.717) is 25.4 Å². The third-order valence-electron chi connectivity index (χ3n) is 4.62. The van der Waals surface area contributed by atoms with Gasteiger partial charge in [-0.05, 0) is 36.4 Å². The number of aromatic nitrogens is 3.